The molecule has 1 atom stereocenters. The number of carbonyl (C=O) groups is 2. The number of nitrogens with one attached hydrogen (secondary N) is 1. The highest BCUT2D eigenvalue weighted by Crippen LogP contribution is 2.21. The summed E-state index contributed by atoms with van der Waals surface area (Å²) in [6.07, 6.45) is 1.90. The molecule has 9 heteroatoms. The van der Waals surface area contributed by atoms with Crippen LogP contribution in [0.1, 0.15) is 38.8 Å². The molecule has 0 saturated carbocycles. The van der Waals surface area contributed by atoms with E-state index in [1.807, 2.05) is 57.2 Å². The van der Waals surface area contributed by atoms with Gasteiger partial charge in [-0.15, -0.1) is 0 Å². The lowest BCUT2D eigenvalue weighted by Gasteiger charge is -2.31. The van der Waals surface area contributed by atoms with E-state index in [0.717, 1.165) is 32.6 Å². The van der Waals surface area contributed by atoms with Gasteiger partial charge in [-0.1, -0.05) is 61.0 Å². The first-order valence-corrected chi connectivity index (χ1v) is 13.9. The number of amides is 2. The third-order valence-electron chi connectivity index (χ3n) is 5.41. The van der Waals surface area contributed by atoms with Gasteiger partial charge in [0.2, 0.25) is 21.8 Å². The van der Waals surface area contributed by atoms with E-state index in [4.69, 9.17) is 0 Å². The minimum Gasteiger partial charge on any atom is -0.354 e. The molecule has 0 fully saturated rings. The fourth-order valence-electron chi connectivity index (χ4n) is 3.38. The molecule has 0 radical (unpaired) electrons. The molecule has 186 valence electrons. The van der Waals surface area contributed by atoms with Crippen LogP contribution in [0.3, 0.4) is 0 Å². The van der Waals surface area contributed by atoms with Crippen molar-refractivity contribution in [3.63, 3.8) is 0 Å². The summed E-state index contributed by atoms with van der Waals surface area (Å²) in [6.45, 7) is 7.90. The van der Waals surface area contributed by atoms with Crippen molar-refractivity contribution in [3.8, 4) is 0 Å². The fraction of sp³-hybridized carbons (Fsp3) is 0.440. The number of nitrogens with zero attached hydrogens (tertiary/aromatic N) is 2. The molecule has 2 rings (SSSR count). The maximum atomic E-state index is 13.5. The standard InChI is InChI=1S/C25H34BrN3O4S/c1-6-20-10-12-23(13-11-20)29(34(5,32)33)17-24(30)28(16-21-8-7-9-22(26)14-21)19(4)25(31)27-15-18(2)3/h7-14,18-19H,6,15-17H2,1-5H3,(H,27,31)/t19-/m1/s1. The molecule has 2 amide bonds. The van der Waals surface area contributed by atoms with Gasteiger partial charge in [0.25, 0.3) is 0 Å². The number of halogens is 1. The normalized spacial score (nSPS) is 12.3. The van der Waals surface area contributed by atoms with Crippen molar-refractivity contribution in [2.75, 3.05) is 23.7 Å². The number of benzene rings is 2. The van der Waals surface area contributed by atoms with Crippen molar-refractivity contribution < 1.29 is 18.0 Å². The van der Waals surface area contributed by atoms with E-state index >= 15 is 0 Å². The van der Waals surface area contributed by atoms with E-state index in [0.29, 0.717) is 12.2 Å². The first kappa shape index (κ1) is 27.9. The summed E-state index contributed by atoms with van der Waals surface area (Å²) in [6, 6.07) is 13.8. The van der Waals surface area contributed by atoms with Crippen molar-refractivity contribution in [2.24, 2.45) is 5.92 Å². The van der Waals surface area contributed by atoms with Crippen molar-refractivity contribution >= 4 is 43.5 Å². The molecular weight excluding hydrogens is 518 g/mol. The van der Waals surface area contributed by atoms with Gasteiger partial charge in [-0.05, 0) is 54.7 Å². The zero-order valence-electron chi connectivity index (χ0n) is 20.4. The van der Waals surface area contributed by atoms with E-state index in [1.165, 1.54) is 4.90 Å². The number of hydrogen-bond acceptors (Lipinski definition) is 4. The Morgan fingerprint density at radius 1 is 1.03 bits per heavy atom. The minimum absolute atomic E-state index is 0.168. The summed E-state index contributed by atoms with van der Waals surface area (Å²) in [5.74, 6) is -0.482. The number of hydrogen-bond donors (Lipinski definition) is 1. The van der Waals surface area contributed by atoms with Gasteiger partial charge < -0.3 is 10.2 Å². The second kappa shape index (κ2) is 12.4. The van der Waals surface area contributed by atoms with E-state index in [9.17, 15) is 18.0 Å². The smallest absolute Gasteiger partial charge is 0.244 e. The van der Waals surface area contributed by atoms with Crippen LogP contribution >= 0.6 is 15.9 Å². The van der Waals surface area contributed by atoms with Crippen molar-refractivity contribution in [3.05, 3.63) is 64.1 Å². The van der Waals surface area contributed by atoms with Crippen LogP contribution < -0.4 is 9.62 Å². The highest BCUT2D eigenvalue weighted by Gasteiger charge is 2.30. The SMILES string of the molecule is CCc1ccc(N(CC(=O)N(Cc2cccc(Br)c2)[C@H](C)C(=O)NCC(C)C)S(C)(=O)=O)cc1. The molecular formula is C25H34BrN3O4S. The van der Waals surface area contributed by atoms with Crippen LogP contribution in [0.4, 0.5) is 5.69 Å². The Hall–Kier alpha value is -2.39. The van der Waals surface area contributed by atoms with Gasteiger partial charge in [0.15, 0.2) is 0 Å². The van der Waals surface area contributed by atoms with Gasteiger partial charge >= 0.3 is 0 Å². The quantitative estimate of drug-likeness (QED) is 0.457. The number of aryl methyl sites for hydroxylation is 1. The van der Waals surface area contributed by atoms with Gasteiger partial charge in [-0.25, -0.2) is 8.42 Å². The summed E-state index contributed by atoms with van der Waals surface area (Å²) in [7, 11) is -3.74. The maximum Gasteiger partial charge on any atom is 0.244 e. The van der Waals surface area contributed by atoms with Gasteiger partial charge in [0.1, 0.15) is 12.6 Å². The van der Waals surface area contributed by atoms with Crippen molar-refractivity contribution in [2.45, 2.75) is 46.7 Å². The number of sulfonamides is 1. The predicted molar refractivity (Wildman–Crippen MR) is 140 cm³/mol. The van der Waals surface area contributed by atoms with Crippen molar-refractivity contribution in [1.29, 1.82) is 0 Å². The van der Waals surface area contributed by atoms with E-state index < -0.39 is 28.5 Å². The molecule has 0 aromatic heterocycles. The zero-order valence-corrected chi connectivity index (χ0v) is 22.8. The van der Waals surface area contributed by atoms with Gasteiger partial charge in [0, 0.05) is 17.6 Å². The summed E-state index contributed by atoms with van der Waals surface area (Å²) in [5, 5.41) is 2.87. The fourth-order valence-corrected chi connectivity index (χ4v) is 4.67. The molecule has 7 nitrogen and oxygen atoms in total. The molecule has 1 N–H and O–H groups in total. The molecule has 0 spiro atoms. The average molecular weight is 553 g/mol. The topological polar surface area (TPSA) is 86.8 Å². The monoisotopic (exact) mass is 551 g/mol. The van der Waals surface area contributed by atoms with Gasteiger partial charge in [0.05, 0.1) is 11.9 Å². The molecule has 0 aliphatic heterocycles. The Bertz CT molecular complexity index is 1090. The van der Waals surface area contributed by atoms with Crippen LogP contribution in [0.25, 0.3) is 0 Å². The third kappa shape index (κ3) is 8.13. The number of carbonyl (C=O) groups excluding carboxylic acids is 2. The van der Waals surface area contributed by atoms with Crippen LogP contribution in [0.2, 0.25) is 0 Å². The maximum absolute atomic E-state index is 13.5. The summed E-state index contributed by atoms with van der Waals surface area (Å²) >= 11 is 3.43. The zero-order chi connectivity index (χ0) is 25.5. The predicted octanol–water partition coefficient (Wildman–Crippen LogP) is 3.97. The molecule has 34 heavy (non-hydrogen) atoms. The Morgan fingerprint density at radius 2 is 1.68 bits per heavy atom. The highest BCUT2D eigenvalue weighted by molar-refractivity contribution is 9.10. The Morgan fingerprint density at radius 3 is 2.21 bits per heavy atom. The number of anilines is 1. The first-order valence-electron chi connectivity index (χ1n) is 11.3. The summed E-state index contributed by atoms with van der Waals surface area (Å²) in [5.41, 5.74) is 2.30. The molecule has 0 saturated heterocycles. The van der Waals surface area contributed by atoms with Gasteiger partial charge in [-0.2, -0.15) is 0 Å². The molecule has 0 aliphatic rings. The summed E-state index contributed by atoms with van der Waals surface area (Å²) < 4.78 is 27.1. The lowest BCUT2D eigenvalue weighted by Crippen LogP contribution is -2.51. The summed E-state index contributed by atoms with van der Waals surface area (Å²) in [4.78, 5) is 27.8. The minimum atomic E-state index is -3.74. The lowest BCUT2D eigenvalue weighted by atomic mass is 10.1. The Kier molecular flexibility index (Phi) is 10.1. The average Bonchev–Trinajstić information content (AvgIpc) is 2.78. The van der Waals surface area contributed by atoms with Crippen LogP contribution in [0.15, 0.2) is 53.0 Å². The first-order chi connectivity index (χ1) is 15.9. The van der Waals surface area contributed by atoms with Crippen LogP contribution in [0, 0.1) is 5.92 Å². The highest BCUT2D eigenvalue weighted by atomic mass is 79.9. The van der Waals surface area contributed by atoms with E-state index in [-0.39, 0.29) is 18.4 Å². The lowest BCUT2D eigenvalue weighted by molar-refractivity contribution is -0.139. The molecule has 0 bridgehead atoms. The Balaban J connectivity index is 2.35. The van der Waals surface area contributed by atoms with E-state index in [2.05, 4.69) is 21.2 Å². The third-order valence-corrected chi connectivity index (χ3v) is 7.04. The molecule has 2 aromatic rings. The number of rotatable bonds is 11. The van der Waals surface area contributed by atoms with E-state index in [1.54, 1.807) is 19.1 Å². The van der Waals surface area contributed by atoms with Crippen molar-refractivity contribution in [1.82, 2.24) is 10.2 Å². The molecule has 0 heterocycles. The second-order valence-electron chi connectivity index (χ2n) is 8.76. The second-order valence-corrected chi connectivity index (χ2v) is 11.6. The largest absolute Gasteiger partial charge is 0.354 e. The van der Waals surface area contributed by atoms with Gasteiger partial charge in [-0.3, -0.25) is 13.9 Å². The van der Waals surface area contributed by atoms with Crippen LogP contribution in [-0.4, -0.2) is 50.5 Å². The van der Waals surface area contributed by atoms with Crippen LogP contribution in [0.5, 0.6) is 0 Å². The molecule has 0 unspecified atom stereocenters. The van der Waals surface area contributed by atoms with Crippen LogP contribution in [-0.2, 0) is 32.6 Å². The molecule has 0 aliphatic carbocycles. The Labute approximate surface area is 211 Å². The molecule has 2 aromatic carbocycles.